The third-order valence-electron chi connectivity index (χ3n) is 4.39. The third kappa shape index (κ3) is 3.59. The molecular weight excluding hydrogens is 394 g/mol. The molecule has 0 unspecified atom stereocenters. The number of nitrogens with one attached hydrogen (secondary N) is 1. The summed E-state index contributed by atoms with van der Waals surface area (Å²) in [5.41, 5.74) is 4.91. The summed E-state index contributed by atoms with van der Waals surface area (Å²) in [4.78, 5) is 33.9. The number of fused-ring (bicyclic) bond motifs is 1. The van der Waals surface area contributed by atoms with Gasteiger partial charge in [0.05, 0.1) is 12.2 Å². The van der Waals surface area contributed by atoms with E-state index in [4.69, 9.17) is 15.2 Å². The van der Waals surface area contributed by atoms with Gasteiger partial charge >= 0.3 is 5.97 Å². The molecule has 1 saturated heterocycles. The molecule has 3 rings (SSSR count). The minimum absolute atomic E-state index is 0.00641. The van der Waals surface area contributed by atoms with Gasteiger partial charge in [0, 0.05) is 6.26 Å². The number of carbonyl (C=O) groups is 1. The smallest absolute Gasteiger partial charge is 0.308 e. The average molecular weight is 415 g/mol. The number of aliphatic hydroxyl groups excluding tert-OH is 1. The van der Waals surface area contributed by atoms with Gasteiger partial charge in [-0.2, -0.15) is 4.98 Å². The second-order valence-corrected chi connectivity index (χ2v) is 9.11. The van der Waals surface area contributed by atoms with Crippen molar-refractivity contribution in [3.8, 4) is 0 Å². The van der Waals surface area contributed by atoms with E-state index in [1.54, 1.807) is 13.8 Å². The van der Waals surface area contributed by atoms with Crippen LogP contribution in [0.5, 0.6) is 0 Å². The van der Waals surface area contributed by atoms with Crippen molar-refractivity contribution in [2.75, 3.05) is 18.6 Å². The Hall–Kier alpha value is -2.51. The number of nitrogens with zero attached hydrogens (tertiary/aromatic N) is 3. The average Bonchev–Trinajstić information content (AvgIpc) is 3.13. The van der Waals surface area contributed by atoms with Crippen molar-refractivity contribution in [2.24, 2.45) is 5.92 Å². The summed E-state index contributed by atoms with van der Waals surface area (Å²) in [6.07, 6.45) is -1.68. The van der Waals surface area contributed by atoms with Crippen molar-refractivity contribution >= 4 is 32.9 Å². The number of H-pyrrole nitrogens is 1. The largest absolute Gasteiger partial charge is 0.463 e. The Kier molecular flexibility index (Phi) is 5.16. The van der Waals surface area contributed by atoms with E-state index in [0.717, 1.165) is 6.26 Å². The minimum Gasteiger partial charge on any atom is -0.463 e. The second-order valence-electron chi connectivity index (χ2n) is 6.91. The predicted molar refractivity (Wildman–Crippen MR) is 96.9 cm³/mol. The SMILES string of the molecule is CC(C)C(=O)OC[C@H]1O[C@@H](n2cnc3c(=O)[nH]c(N)nc32)[C@H](S(C)(=O)=O)[C@@H]1O. The number of hydrogen-bond donors (Lipinski definition) is 3. The van der Waals surface area contributed by atoms with Gasteiger partial charge < -0.3 is 20.3 Å². The van der Waals surface area contributed by atoms with Crippen molar-refractivity contribution in [3.63, 3.8) is 0 Å². The lowest BCUT2D eigenvalue weighted by Crippen LogP contribution is -2.39. The molecule has 3 heterocycles. The van der Waals surface area contributed by atoms with Crippen LogP contribution < -0.4 is 11.3 Å². The third-order valence-corrected chi connectivity index (χ3v) is 5.89. The zero-order valence-electron chi connectivity index (χ0n) is 15.4. The number of nitrogens with two attached hydrogens (primary N) is 1. The number of nitrogen functional groups attached to an aromatic ring is 1. The first kappa shape index (κ1) is 20.2. The van der Waals surface area contributed by atoms with Crippen LogP contribution in [0.25, 0.3) is 11.2 Å². The van der Waals surface area contributed by atoms with Gasteiger partial charge in [0.15, 0.2) is 27.2 Å². The van der Waals surface area contributed by atoms with Crippen molar-refractivity contribution in [2.45, 2.75) is 37.5 Å². The molecule has 0 spiro atoms. The van der Waals surface area contributed by atoms with E-state index in [9.17, 15) is 23.1 Å². The number of anilines is 1. The van der Waals surface area contributed by atoms with E-state index >= 15 is 0 Å². The normalized spacial score (nSPS) is 25.5. The van der Waals surface area contributed by atoms with Crippen molar-refractivity contribution < 1.29 is 27.8 Å². The molecule has 0 aliphatic carbocycles. The molecule has 0 aromatic carbocycles. The lowest BCUT2D eigenvalue weighted by molar-refractivity contribution is -0.153. The zero-order valence-corrected chi connectivity index (χ0v) is 16.2. The van der Waals surface area contributed by atoms with Gasteiger partial charge in [-0.1, -0.05) is 13.8 Å². The maximum absolute atomic E-state index is 12.3. The maximum Gasteiger partial charge on any atom is 0.308 e. The summed E-state index contributed by atoms with van der Waals surface area (Å²) in [6.45, 7) is 2.95. The molecule has 12 nitrogen and oxygen atoms in total. The van der Waals surface area contributed by atoms with Crippen molar-refractivity contribution in [1.29, 1.82) is 0 Å². The Morgan fingerprint density at radius 1 is 1.50 bits per heavy atom. The molecule has 1 fully saturated rings. The van der Waals surface area contributed by atoms with Crippen LogP contribution in [0.15, 0.2) is 11.1 Å². The number of imidazole rings is 1. The number of hydrogen-bond acceptors (Lipinski definition) is 10. The Labute approximate surface area is 159 Å². The van der Waals surface area contributed by atoms with E-state index in [0.29, 0.717) is 0 Å². The Bertz CT molecular complexity index is 1060. The highest BCUT2D eigenvalue weighted by atomic mass is 32.2. The summed E-state index contributed by atoms with van der Waals surface area (Å²) in [5, 5.41) is 9.15. The lowest BCUT2D eigenvalue weighted by Gasteiger charge is -2.19. The van der Waals surface area contributed by atoms with Gasteiger partial charge in [-0.25, -0.2) is 13.4 Å². The van der Waals surface area contributed by atoms with Gasteiger partial charge in [-0.15, -0.1) is 0 Å². The summed E-state index contributed by atoms with van der Waals surface area (Å²) >= 11 is 0. The number of aromatic amines is 1. The monoisotopic (exact) mass is 415 g/mol. The molecule has 13 heteroatoms. The number of aromatic nitrogens is 4. The Morgan fingerprint density at radius 3 is 2.79 bits per heavy atom. The fourth-order valence-corrected chi connectivity index (χ4v) is 4.30. The van der Waals surface area contributed by atoms with E-state index < -0.39 is 51.0 Å². The number of sulfone groups is 1. The van der Waals surface area contributed by atoms with E-state index in [1.807, 2.05) is 0 Å². The van der Waals surface area contributed by atoms with Crippen LogP contribution >= 0.6 is 0 Å². The van der Waals surface area contributed by atoms with Crippen LogP contribution in [0.3, 0.4) is 0 Å². The Morgan fingerprint density at radius 2 is 2.18 bits per heavy atom. The van der Waals surface area contributed by atoms with Crippen LogP contribution in [0.2, 0.25) is 0 Å². The van der Waals surface area contributed by atoms with Crippen LogP contribution in [-0.2, 0) is 24.1 Å². The summed E-state index contributed by atoms with van der Waals surface area (Å²) in [6, 6.07) is 0. The van der Waals surface area contributed by atoms with E-state index in [-0.39, 0.29) is 23.7 Å². The zero-order chi connectivity index (χ0) is 20.8. The first-order chi connectivity index (χ1) is 13.0. The molecular formula is C15H21N5O7S. The van der Waals surface area contributed by atoms with Crippen LogP contribution in [-0.4, -0.2) is 69.3 Å². The molecule has 0 bridgehead atoms. The molecule has 2 aromatic rings. The molecule has 4 N–H and O–H groups in total. The van der Waals surface area contributed by atoms with Gasteiger partial charge in [0.25, 0.3) is 5.56 Å². The van der Waals surface area contributed by atoms with Crippen LogP contribution in [0, 0.1) is 5.92 Å². The van der Waals surface area contributed by atoms with E-state index in [2.05, 4.69) is 15.0 Å². The van der Waals surface area contributed by atoms with E-state index in [1.165, 1.54) is 10.9 Å². The second kappa shape index (κ2) is 7.14. The number of aliphatic hydroxyl groups is 1. The topological polar surface area (TPSA) is 179 Å². The summed E-state index contributed by atoms with van der Waals surface area (Å²) in [5.74, 6) is -1.09. The molecule has 0 saturated carbocycles. The first-order valence-electron chi connectivity index (χ1n) is 8.42. The molecule has 1 aliphatic heterocycles. The van der Waals surface area contributed by atoms with Gasteiger partial charge in [-0.3, -0.25) is 19.1 Å². The highest BCUT2D eigenvalue weighted by Crippen LogP contribution is 2.35. The van der Waals surface area contributed by atoms with Crippen LogP contribution in [0.4, 0.5) is 5.95 Å². The molecule has 1 aliphatic rings. The fraction of sp³-hybridized carbons (Fsp3) is 0.600. The standard InChI is InChI=1S/C15H21N5O7S/c1-6(2)14(23)26-4-7-9(21)10(28(3,24)25)13(27-7)20-5-17-8-11(20)18-15(16)19-12(8)22/h5-7,9-10,13,21H,4H2,1-3H3,(H3,16,18,19,22)/t7-,9-,10-,13-/m1/s1. The summed E-state index contributed by atoms with van der Waals surface area (Å²) in [7, 11) is -3.81. The van der Waals surface area contributed by atoms with Gasteiger partial charge in [0.1, 0.15) is 24.1 Å². The maximum atomic E-state index is 12.3. The Balaban J connectivity index is 1.99. The lowest BCUT2D eigenvalue weighted by atomic mass is 10.2. The molecule has 154 valence electrons. The molecule has 2 aromatic heterocycles. The molecule has 4 atom stereocenters. The van der Waals surface area contributed by atoms with Crippen molar-refractivity contribution in [3.05, 3.63) is 16.7 Å². The number of rotatable bonds is 5. The molecule has 28 heavy (non-hydrogen) atoms. The fourth-order valence-electron chi connectivity index (χ4n) is 3.00. The number of carbonyl (C=O) groups excluding carboxylic acids is 1. The summed E-state index contributed by atoms with van der Waals surface area (Å²) < 4.78 is 36.6. The highest BCUT2D eigenvalue weighted by Gasteiger charge is 2.51. The molecule has 0 amide bonds. The van der Waals surface area contributed by atoms with Crippen molar-refractivity contribution in [1.82, 2.24) is 19.5 Å². The van der Waals surface area contributed by atoms with Gasteiger partial charge in [0.2, 0.25) is 5.95 Å². The molecule has 0 radical (unpaired) electrons. The van der Waals surface area contributed by atoms with Gasteiger partial charge in [-0.05, 0) is 0 Å². The van der Waals surface area contributed by atoms with Crippen LogP contribution in [0.1, 0.15) is 20.1 Å². The number of esters is 1. The minimum atomic E-state index is -3.81. The predicted octanol–water partition coefficient (Wildman–Crippen LogP) is -1.43. The quantitative estimate of drug-likeness (QED) is 0.490. The first-order valence-corrected chi connectivity index (χ1v) is 10.4. The highest BCUT2D eigenvalue weighted by molar-refractivity contribution is 7.91. The number of ether oxygens (including phenoxy) is 2.